The third-order valence-corrected chi connectivity index (χ3v) is 6.59. The van der Waals surface area contributed by atoms with Crippen LogP contribution in [0.4, 0.5) is 10.9 Å². The molecule has 4 rings (SSSR count). The molecular formula is C18H14ClN5O2S2. The van der Waals surface area contributed by atoms with Crippen molar-refractivity contribution < 1.29 is 8.42 Å². The predicted molar refractivity (Wildman–Crippen MR) is 110 cm³/mol. The van der Waals surface area contributed by atoms with Crippen LogP contribution in [0.15, 0.2) is 66.0 Å². The second-order valence-electron chi connectivity index (χ2n) is 5.82. The zero-order valence-electron chi connectivity index (χ0n) is 14.6. The molecule has 0 saturated heterocycles. The van der Waals surface area contributed by atoms with E-state index in [1.807, 2.05) is 25.1 Å². The van der Waals surface area contributed by atoms with Crippen LogP contribution in [0.1, 0.15) is 4.88 Å². The van der Waals surface area contributed by atoms with Crippen molar-refractivity contribution in [2.75, 3.05) is 5.32 Å². The number of halogens is 1. The summed E-state index contributed by atoms with van der Waals surface area (Å²) < 4.78 is 26.4. The van der Waals surface area contributed by atoms with Crippen LogP contribution in [0.3, 0.4) is 0 Å². The van der Waals surface area contributed by atoms with Crippen LogP contribution in [0.25, 0.3) is 11.3 Å². The van der Waals surface area contributed by atoms with E-state index in [0.717, 1.165) is 8.96 Å². The van der Waals surface area contributed by atoms with Crippen LogP contribution < -0.4 is 5.32 Å². The first kappa shape index (κ1) is 18.6. The Kier molecular flexibility index (Phi) is 4.88. The van der Waals surface area contributed by atoms with Gasteiger partial charge in [0.25, 0.3) is 10.0 Å². The lowest BCUT2D eigenvalue weighted by molar-refractivity contribution is 0.580. The van der Waals surface area contributed by atoms with Gasteiger partial charge in [0.2, 0.25) is 0 Å². The molecule has 3 aromatic heterocycles. The van der Waals surface area contributed by atoms with Gasteiger partial charge in [-0.3, -0.25) is 0 Å². The minimum Gasteiger partial charge on any atom is -0.316 e. The van der Waals surface area contributed by atoms with Crippen molar-refractivity contribution in [2.24, 2.45) is 0 Å². The molecule has 142 valence electrons. The number of rotatable bonds is 5. The molecular weight excluding hydrogens is 418 g/mol. The second-order valence-corrected chi connectivity index (χ2v) is 9.26. The molecule has 10 heteroatoms. The summed E-state index contributed by atoms with van der Waals surface area (Å²) in [6, 6.07) is 11.5. The Bertz CT molecular complexity index is 1220. The summed E-state index contributed by atoms with van der Waals surface area (Å²) in [6.07, 6.45) is 4.63. The Morgan fingerprint density at radius 2 is 1.93 bits per heavy atom. The van der Waals surface area contributed by atoms with Crippen LogP contribution in [0, 0.1) is 6.92 Å². The number of hydrogen-bond donors (Lipinski definition) is 1. The number of pyridine rings is 1. The summed E-state index contributed by atoms with van der Waals surface area (Å²) >= 11 is 7.29. The van der Waals surface area contributed by atoms with Gasteiger partial charge in [0.1, 0.15) is 5.82 Å². The molecule has 0 spiro atoms. The summed E-state index contributed by atoms with van der Waals surface area (Å²) in [7, 11) is -3.80. The fraction of sp³-hybridized carbons (Fsp3) is 0.0556. The van der Waals surface area contributed by atoms with Gasteiger partial charge in [-0.1, -0.05) is 17.7 Å². The average molecular weight is 432 g/mol. The van der Waals surface area contributed by atoms with Gasteiger partial charge < -0.3 is 5.32 Å². The number of nitrogens with zero attached hydrogens (tertiary/aromatic N) is 4. The molecule has 4 aromatic rings. The lowest BCUT2D eigenvalue weighted by Gasteiger charge is -2.03. The van der Waals surface area contributed by atoms with Gasteiger partial charge in [-0.2, -0.15) is 17.6 Å². The normalized spacial score (nSPS) is 11.5. The van der Waals surface area contributed by atoms with E-state index in [-0.39, 0.29) is 4.90 Å². The maximum atomic E-state index is 12.7. The molecule has 0 aliphatic rings. The number of aromatic nitrogens is 4. The van der Waals surface area contributed by atoms with Crippen molar-refractivity contribution in [1.29, 1.82) is 0 Å². The minimum atomic E-state index is -3.80. The minimum absolute atomic E-state index is 0.110. The first-order chi connectivity index (χ1) is 13.4. The van der Waals surface area contributed by atoms with Crippen LogP contribution in [0.5, 0.6) is 0 Å². The fourth-order valence-electron chi connectivity index (χ4n) is 2.54. The van der Waals surface area contributed by atoms with Gasteiger partial charge in [0.05, 0.1) is 23.0 Å². The smallest absolute Gasteiger partial charge is 0.282 e. The highest BCUT2D eigenvalue weighted by Gasteiger charge is 2.20. The standard InChI is InChI=1S/C18H14ClN5O2S2/c1-12-17(23-18(27-12)22-16-4-2-3-9-20-16)13-10-21-24(11-13)28(25,26)15-7-5-14(19)6-8-15/h2-11H,1H3,(H,20,22,23). The van der Waals surface area contributed by atoms with E-state index in [4.69, 9.17) is 11.6 Å². The van der Waals surface area contributed by atoms with Crippen molar-refractivity contribution in [3.63, 3.8) is 0 Å². The Balaban J connectivity index is 1.63. The monoisotopic (exact) mass is 431 g/mol. The average Bonchev–Trinajstić information content (AvgIpc) is 3.30. The fourth-order valence-corrected chi connectivity index (χ4v) is 4.63. The van der Waals surface area contributed by atoms with Gasteiger partial charge in [-0.25, -0.2) is 9.97 Å². The molecule has 1 aromatic carbocycles. The zero-order chi connectivity index (χ0) is 19.7. The molecule has 0 amide bonds. The van der Waals surface area contributed by atoms with E-state index >= 15 is 0 Å². The van der Waals surface area contributed by atoms with Gasteiger partial charge in [0.15, 0.2) is 5.13 Å². The molecule has 28 heavy (non-hydrogen) atoms. The summed E-state index contributed by atoms with van der Waals surface area (Å²) in [6.45, 7) is 1.92. The Hall–Kier alpha value is -2.75. The van der Waals surface area contributed by atoms with E-state index in [1.165, 1.54) is 48.0 Å². The molecule has 0 unspecified atom stereocenters. The molecule has 0 bridgehead atoms. The summed E-state index contributed by atoms with van der Waals surface area (Å²) in [5, 5.41) is 8.30. The molecule has 0 fully saturated rings. The first-order valence-corrected chi connectivity index (χ1v) is 10.8. The van der Waals surface area contributed by atoms with Gasteiger partial charge in [-0.15, -0.1) is 11.3 Å². The van der Waals surface area contributed by atoms with E-state index in [9.17, 15) is 8.42 Å². The highest BCUT2D eigenvalue weighted by atomic mass is 35.5. The third-order valence-electron chi connectivity index (χ3n) is 3.89. The molecule has 0 aliphatic heterocycles. The van der Waals surface area contributed by atoms with Crippen LogP contribution in [-0.2, 0) is 10.0 Å². The number of aryl methyl sites for hydroxylation is 1. The SMILES string of the molecule is Cc1sc(Nc2ccccn2)nc1-c1cnn(S(=O)(=O)c2ccc(Cl)cc2)c1. The summed E-state index contributed by atoms with van der Waals surface area (Å²) in [5.74, 6) is 0.684. The quantitative estimate of drug-likeness (QED) is 0.505. The highest BCUT2D eigenvalue weighted by Crippen LogP contribution is 2.32. The molecule has 0 atom stereocenters. The van der Waals surface area contributed by atoms with Crippen molar-refractivity contribution in [1.82, 2.24) is 19.2 Å². The van der Waals surface area contributed by atoms with Crippen molar-refractivity contribution >= 4 is 43.9 Å². The van der Waals surface area contributed by atoms with E-state index < -0.39 is 10.0 Å². The van der Waals surface area contributed by atoms with Crippen LogP contribution in [-0.4, -0.2) is 27.6 Å². The van der Waals surface area contributed by atoms with Gasteiger partial charge in [-0.05, 0) is 43.3 Å². The Morgan fingerprint density at radius 3 is 2.64 bits per heavy atom. The van der Waals surface area contributed by atoms with E-state index in [0.29, 0.717) is 27.2 Å². The molecule has 7 nitrogen and oxygen atoms in total. The van der Waals surface area contributed by atoms with E-state index in [2.05, 4.69) is 20.4 Å². The third kappa shape index (κ3) is 3.64. The highest BCUT2D eigenvalue weighted by molar-refractivity contribution is 7.89. The lowest BCUT2D eigenvalue weighted by Crippen LogP contribution is -2.13. The largest absolute Gasteiger partial charge is 0.316 e. The topological polar surface area (TPSA) is 89.8 Å². The molecule has 1 N–H and O–H groups in total. The van der Waals surface area contributed by atoms with Crippen molar-refractivity contribution in [2.45, 2.75) is 11.8 Å². The number of thiazole rings is 1. The van der Waals surface area contributed by atoms with Crippen LogP contribution in [0.2, 0.25) is 5.02 Å². The van der Waals surface area contributed by atoms with Gasteiger partial charge in [0, 0.05) is 21.7 Å². The Labute approximate surface area is 170 Å². The predicted octanol–water partition coefficient (Wildman–Crippen LogP) is 4.34. The molecule has 3 heterocycles. The lowest BCUT2D eigenvalue weighted by atomic mass is 10.2. The maximum absolute atomic E-state index is 12.7. The maximum Gasteiger partial charge on any atom is 0.282 e. The van der Waals surface area contributed by atoms with E-state index in [1.54, 1.807) is 6.20 Å². The second kappa shape index (κ2) is 7.34. The number of hydrogen-bond acceptors (Lipinski definition) is 7. The van der Waals surface area contributed by atoms with Crippen molar-refractivity contribution in [3.05, 3.63) is 71.0 Å². The number of benzene rings is 1. The molecule has 0 aliphatic carbocycles. The summed E-state index contributed by atoms with van der Waals surface area (Å²) in [5.41, 5.74) is 1.28. The zero-order valence-corrected chi connectivity index (χ0v) is 17.0. The van der Waals surface area contributed by atoms with Crippen molar-refractivity contribution in [3.8, 4) is 11.3 Å². The molecule has 0 radical (unpaired) electrons. The molecule has 0 saturated carbocycles. The van der Waals surface area contributed by atoms with Crippen LogP contribution >= 0.6 is 22.9 Å². The Morgan fingerprint density at radius 1 is 1.14 bits per heavy atom. The summed E-state index contributed by atoms with van der Waals surface area (Å²) in [4.78, 5) is 9.81. The number of nitrogens with one attached hydrogen (secondary N) is 1. The van der Waals surface area contributed by atoms with Gasteiger partial charge >= 0.3 is 0 Å². The number of anilines is 2. The first-order valence-electron chi connectivity index (χ1n) is 8.15.